The second-order valence-corrected chi connectivity index (χ2v) is 9.66. The Labute approximate surface area is 232 Å². The zero-order valence-electron chi connectivity index (χ0n) is 21.3. The van der Waals surface area contributed by atoms with Crippen molar-refractivity contribution < 1.29 is 27.9 Å². The van der Waals surface area contributed by atoms with E-state index in [0.29, 0.717) is 17.0 Å². The molecular weight excluding hydrogens is 540 g/mol. The molecule has 0 fully saturated rings. The van der Waals surface area contributed by atoms with Crippen LogP contribution in [0.1, 0.15) is 27.7 Å². The van der Waals surface area contributed by atoms with Gasteiger partial charge in [0.2, 0.25) is 11.7 Å². The maximum Gasteiger partial charge on any atom is 0.258 e. The number of thiazole rings is 1. The van der Waals surface area contributed by atoms with Gasteiger partial charge in [-0.05, 0) is 73.2 Å². The molecule has 0 spiro atoms. The molecule has 206 valence electrons. The standard InChI is InChI=1S/C28H25F2N5O4S/c1-16(27(32)38)35(21-10-8-20(30)9-11-21)28-34-26(31)25(40-28)24(37)18-4-12-22(13-5-18)39-15-23(36)33-14-17-2-6-19(29)7-3-17/h2-13,16H,14-15,31H2,1H3,(H2,32,38)(H,33,36)/t16-/m1/s1. The second-order valence-electron chi connectivity index (χ2n) is 8.68. The first-order valence-electron chi connectivity index (χ1n) is 12.0. The van der Waals surface area contributed by atoms with E-state index >= 15 is 0 Å². The molecule has 0 saturated heterocycles. The van der Waals surface area contributed by atoms with Crippen molar-refractivity contribution in [3.63, 3.8) is 0 Å². The highest BCUT2D eigenvalue weighted by molar-refractivity contribution is 7.18. The fraction of sp³-hybridized carbons (Fsp3) is 0.143. The maximum atomic E-state index is 13.5. The quantitative estimate of drug-likeness (QED) is 0.234. The summed E-state index contributed by atoms with van der Waals surface area (Å²) in [5, 5.41) is 2.92. The van der Waals surface area contributed by atoms with Crippen LogP contribution in [-0.2, 0) is 16.1 Å². The van der Waals surface area contributed by atoms with Crippen molar-refractivity contribution in [1.29, 1.82) is 0 Å². The molecule has 2 amide bonds. The highest BCUT2D eigenvalue weighted by Crippen LogP contribution is 2.36. The first-order chi connectivity index (χ1) is 19.1. The minimum absolute atomic E-state index is 0.0352. The third kappa shape index (κ3) is 6.77. The minimum Gasteiger partial charge on any atom is -0.484 e. The van der Waals surface area contributed by atoms with Gasteiger partial charge >= 0.3 is 0 Å². The van der Waals surface area contributed by atoms with Crippen LogP contribution in [0.4, 0.5) is 25.4 Å². The number of nitrogen functional groups attached to an aromatic ring is 1. The molecule has 5 N–H and O–H groups in total. The summed E-state index contributed by atoms with van der Waals surface area (Å²) in [6, 6.07) is 16.4. The molecule has 0 aliphatic carbocycles. The zero-order chi connectivity index (χ0) is 28.8. The third-order valence-corrected chi connectivity index (χ3v) is 6.92. The molecular formula is C28H25F2N5O4S. The van der Waals surface area contributed by atoms with Gasteiger partial charge in [0.25, 0.3) is 5.91 Å². The van der Waals surface area contributed by atoms with Crippen LogP contribution in [0.25, 0.3) is 0 Å². The lowest BCUT2D eigenvalue weighted by atomic mass is 10.1. The predicted octanol–water partition coefficient (Wildman–Crippen LogP) is 3.94. The number of carbonyl (C=O) groups excluding carboxylic acids is 3. The van der Waals surface area contributed by atoms with Crippen molar-refractivity contribution in [3.8, 4) is 5.75 Å². The Morgan fingerprint density at radius 3 is 2.17 bits per heavy atom. The van der Waals surface area contributed by atoms with Crippen LogP contribution in [0.5, 0.6) is 5.75 Å². The molecule has 40 heavy (non-hydrogen) atoms. The summed E-state index contributed by atoms with van der Waals surface area (Å²) in [7, 11) is 0. The topological polar surface area (TPSA) is 141 Å². The molecule has 0 radical (unpaired) electrons. The van der Waals surface area contributed by atoms with Crippen LogP contribution in [-0.4, -0.2) is 35.2 Å². The molecule has 0 unspecified atom stereocenters. The summed E-state index contributed by atoms with van der Waals surface area (Å²) in [5.74, 6) is -1.91. The Kier molecular flexibility index (Phi) is 8.70. The van der Waals surface area contributed by atoms with Gasteiger partial charge in [-0.15, -0.1) is 0 Å². The summed E-state index contributed by atoms with van der Waals surface area (Å²) >= 11 is 0.972. The molecule has 0 aliphatic rings. The van der Waals surface area contributed by atoms with E-state index < -0.39 is 23.5 Å². The number of ketones is 1. The van der Waals surface area contributed by atoms with Gasteiger partial charge in [-0.3, -0.25) is 14.4 Å². The summed E-state index contributed by atoms with van der Waals surface area (Å²) < 4.78 is 31.9. The smallest absolute Gasteiger partial charge is 0.258 e. The number of benzene rings is 3. The number of aromatic nitrogens is 1. The molecule has 1 aromatic heterocycles. The number of nitrogens with zero attached hydrogens (tertiary/aromatic N) is 2. The Balaban J connectivity index is 1.42. The lowest BCUT2D eigenvalue weighted by Crippen LogP contribution is -2.39. The third-order valence-electron chi connectivity index (χ3n) is 5.85. The molecule has 0 aliphatic heterocycles. The number of ether oxygens (including phenoxy) is 1. The molecule has 1 heterocycles. The molecule has 4 aromatic rings. The highest BCUT2D eigenvalue weighted by Gasteiger charge is 2.27. The molecule has 9 nitrogen and oxygen atoms in total. The van der Waals surface area contributed by atoms with Crippen LogP contribution in [0.15, 0.2) is 72.8 Å². The average Bonchev–Trinajstić information content (AvgIpc) is 3.33. The number of hydrogen-bond acceptors (Lipinski definition) is 8. The van der Waals surface area contributed by atoms with E-state index in [2.05, 4.69) is 10.3 Å². The first kappa shape index (κ1) is 28.2. The second kappa shape index (κ2) is 12.3. The largest absolute Gasteiger partial charge is 0.484 e. The van der Waals surface area contributed by atoms with E-state index in [9.17, 15) is 23.2 Å². The summed E-state index contributed by atoms with van der Waals surface area (Å²) in [4.78, 5) is 43.2. The Hall–Kier alpha value is -4.84. The predicted molar refractivity (Wildman–Crippen MR) is 147 cm³/mol. The van der Waals surface area contributed by atoms with Crippen LogP contribution in [0.3, 0.4) is 0 Å². The van der Waals surface area contributed by atoms with Gasteiger partial charge in [0.15, 0.2) is 11.7 Å². The Bertz CT molecular complexity index is 1510. The Morgan fingerprint density at radius 1 is 0.975 bits per heavy atom. The average molecular weight is 566 g/mol. The van der Waals surface area contributed by atoms with Crippen LogP contribution in [0.2, 0.25) is 0 Å². The number of rotatable bonds is 11. The fourth-order valence-electron chi connectivity index (χ4n) is 3.65. The summed E-state index contributed by atoms with van der Waals surface area (Å²) in [6.07, 6.45) is 0. The first-order valence-corrected chi connectivity index (χ1v) is 12.8. The molecule has 12 heteroatoms. The Morgan fingerprint density at radius 2 is 1.57 bits per heavy atom. The van der Waals surface area contributed by atoms with E-state index in [1.807, 2.05) is 0 Å². The van der Waals surface area contributed by atoms with Gasteiger partial charge in [-0.1, -0.05) is 23.5 Å². The highest BCUT2D eigenvalue weighted by atomic mass is 32.1. The number of carbonyl (C=O) groups is 3. The summed E-state index contributed by atoms with van der Waals surface area (Å²) in [6.45, 7) is 1.54. The van der Waals surface area contributed by atoms with E-state index in [1.54, 1.807) is 31.2 Å². The molecule has 4 rings (SSSR count). The minimum atomic E-state index is -0.858. The van der Waals surface area contributed by atoms with Gasteiger partial charge in [-0.25, -0.2) is 13.8 Å². The summed E-state index contributed by atoms with van der Waals surface area (Å²) in [5.41, 5.74) is 13.1. The van der Waals surface area contributed by atoms with Crippen LogP contribution in [0, 0.1) is 11.6 Å². The molecule has 0 saturated carbocycles. The van der Waals surface area contributed by atoms with Crippen molar-refractivity contribution in [2.24, 2.45) is 5.73 Å². The van der Waals surface area contributed by atoms with Gasteiger partial charge in [0.05, 0.1) is 0 Å². The number of nitrogens with two attached hydrogens (primary N) is 2. The number of hydrogen-bond donors (Lipinski definition) is 3. The van der Waals surface area contributed by atoms with E-state index in [1.165, 1.54) is 53.4 Å². The number of primary amides is 1. The van der Waals surface area contributed by atoms with E-state index in [-0.39, 0.29) is 40.7 Å². The lowest BCUT2D eigenvalue weighted by molar-refractivity contribution is -0.123. The fourth-order valence-corrected chi connectivity index (χ4v) is 4.70. The van der Waals surface area contributed by atoms with Crippen molar-refractivity contribution >= 4 is 45.6 Å². The number of halogens is 2. The lowest BCUT2D eigenvalue weighted by Gasteiger charge is -2.26. The van der Waals surface area contributed by atoms with Crippen molar-refractivity contribution in [1.82, 2.24) is 10.3 Å². The van der Waals surface area contributed by atoms with Crippen molar-refractivity contribution in [2.45, 2.75) is 19.5 Å². The van der Waals surface area contributed by atoms with Gasteiger partial charge in [-0.2, -0.15) is 0 Å². The van der Waals surface area contributed by atoms with Crippen LogP contribution < -0.4 is 26.4 Å². The van der Waals surface area contributed by atoms with E-state index in [4.69, 9.17) is 16.2 Å². The number of nitrogens with one attached hydrogen (secondary N) is 1. The van der Waals surface area contributed by atoms with Crippen molar-refractivity contribution in [2.75, 3.05) is 17.2 Å². The molecule has 1 atom stereocenters. The van der Waals surface area contributed by atoms with Gasteiger partial charge in [0, 0.05) is 17.8 Å². The number of amides is 2. The molecule has 3 aromatic carbocycles. The van der Waals surface area contributed by atoms with E-state index in [0.717, 1.165) is 16.9 Å². The number of anilines is 3. The zero-order valence-corrected chi connectivity index (χ0v) is 22.1. The SMILES string of the molecule is C[C@H](C(N)=O)N(c1ccc(F)cc1)c1nc(N)c(C(=O)c2ccc(OCC(=O)NCc3ccc(F)cc3)cc2)s1. The van der Waals surface area contributed by atoms with Crippen molar-refractivity contribution in [3.05, 3.63) is 100 Å². The maximum absolute atomic E-state index is 13.5. The molecule has 0 bridgehead atoms. The van der Waals surface area contributed by atoms with Gasteiger partial charge < -0.3 is 26.4 Å². The van der Waals surface area contributed by atoms with Gasteiger partial charge in [0.1, 0.15) is 34.1 Å². The van der Waals surface area contributed by atoms with Crippen LogP contribution >= 0.6 is 11.3 Å². The monoisotopic (exact) mass is 565 g/mol. The normalized spacial score (nSPS) is 11.5.